The number of amides is 1. The van der Waals surface area contributed by atoms with Gasteiger partial charge in [0.15, 0.2) is 6.10 Å². The quantitative estimate of drug-likeness (QED) is 0.580. The summed E-state index contributed by atoms with van der Waals surface area (Å²) in [6.45, 7) is 8.23. The Balaban J connectivity index is 1.88. The Labute approximate surface area is 200 Å². The Bertz CT molecular complexity index is 1130. The van der Waals surface area contributed by atoms with Crippen molar-refractivity contribution in [3.8, 4) is 11.8 Å². The van der Waals surface area contributed by atoms with Crippen molar-refractivity contribution in [2.45, 2.75) is 31.8 Å². The zero-order valence-corrected chi connectivity index (χ0v) is 20.5. The van der Waals surface area contributed by atoms with E-state index in [-0.39, 0.29) is 4.90 Å². The number of anilines is 2. The van der Waals surface area contributed by atoms with E-state index in [1.54, 1.807) is 57.2 Å². The number of nitrogens with zero attached hydrogens (tertiary/aromatic N) is 3. The number of rotatable bonds is 9. The van der Waals surface area contributed by atoms with Crippen LogP contribution in [0.3, 0.4) is 0 Å². The molecule has 0 radical (unpaired) electrons. The van der Waals surface area contributed by atoms with Crippen molar-refractivity contribution in [3.63, 3.8) is 0 Å². The lowest BCUT2D eigenvalue weighted by Crippen LogP contribution is -2.37. The first-order chi connectivity index (χ1) is 16.3. The van der Waals surface area contributed by atoms with Crippen LogP contribution in [0.5, 0.6) is 5.75 Å². The SMILES string of the molecule is CCN(CC)S(=O)(=O)c1ccc(N2CCOCC2)c(NC(=O)C(C)Oc2ccc(C#N)cc2)c1. The van der Waals surface area contributed by atoms with E-state index in [1.165, 1.54) is 10.4 Å². The number of benzene rings is 2. The molecule has 0 aliphatic carbocycles. The lowest BCUT2D eigenvalue weighted by molar-refractivity contribution is -0.122. The molecular formula is C24H30N4O5S. The predicted molar refractivity (Wildman–Crippen MR) is 129 cm³/mol. The number of carbonyl (C=O) groups excluding carboxylic acids is 1. The number of hydrogen-bond acceptors (Lipinski definition) is 7. The van der Waals surface area contributed by atoms with Crippen molar-refractivity contribution in [3.05, 3.63) is 48.0 Å². The fourth-order valence-electron chi connectivity index (χ4n) is 3.67. The molecule has 0 bridgehead atoms. The van der Waals surface area contributed by atoms with Gasteiger partial charge < -0.3 is 19.7 Å². The third kappa shape index (κ3) is 5.86. The van der Waals surface area contributed by atoms with Crippen LogP contribution in [0.1, 0.15) is 26.3 Å². The van der Waals surface area contributed by atoms with Crippen LogP contribution in [0.15, 0.2) is 47.4 Å². The molecule has 34 heavy (non-hydrogen) atoms. The minimum Gasteiger partial charge on any atom is -0.481 e. The van der Waals surface area contributed by atoms with E-state index in [9.17, 15) is 13.2 Å². The number of nitrogens with one attached hydrogen (secondary N) is 1. The van der Waals surface area contributed by atoms with E-state index < -0.39 is 22.0 Å². The second-order valence-corrected chi connectivity index (χ2v) is 9.69. The summed E-state index contributed by atoms with van der Waals surface area (Å²) < 4.78 is 38.7. The minimum absolute atomic E-state index is 0.115. The van der Waals surface area contributed by atoms with Gasteiger partial charge in [0.05, 0.1) is 41.1 Å². The lowest BCUT2D eigenvalue weighted by atomic mass is 10.2. The number of sulfonamides is 1. The van der Waals surface area contributed by atoms with E-state index >= 15 is 0 Å². The van der Waals surface area contributed by atoms with Crippen LogP contribution in [-0.4, -0.2) is 64.1 Å². The molecule has 2 aromatic rings. The van der Waals surface area contributed by atoms with Crippen molar-refractivity contribution >= 4 is 27.3 Å². The standard InChI is InChI=1S/C24H30N4O5S/c1-4-28(5-2)34(30,31)21-10-11-23(27-12-14-32-15-13-27)22(16-21)26-24(29)18(3)33-20-8-6-19(17-25)7-9-20/h6-11,16,18H,4-5,12-15H2,1-3H3,(H,26,29). The molecule has 0 spiro atoms. The highest BCUT2D eigenvalue weighted by Crippen LogP contribution is 2.31. The monoisotopic (exact) mass is 486 g/mol. The Kier molecular flexibility index (Phi) is 8.50. The van der Waals surface area contributed by atoms with Gasteiger partial charge in [0, 0.05) is 26.2 Å². The average Bonchev–Trinajstić information content (AvgIpc) is 2.85. The van der Waals surface area contributed by atoms with Crippen molar-refractivity contribution < 1.29 is 22.7 Å². The second kappa shape index (κ2) is 11.3. The summed E-state index contributed by atoms with van der Waals surface area (Å²) in [5.74, 6) is 0.0316. The van der Waals surface area contributed by atoms with E-state index in [0.717, 1.165) is 5.69 Å². The Morgan fingerprint density at radius 1 is 1.18 bits per heavy atom. The van der Waals surface area contributed by atoms with Gasteiger partial charge >= 0.3 is 0 Å². The summed E-state index contributed by atoms with van der Waals surface area (Å²) >= 11 is 0. The van der Waals surface area contributed by atoms with Crippen LogP contribution in [0.25, 0.3) is 0 Å². The highest BCUT2D eigenvalue weighted by molar-refractivity contribution is 7.89. The first-order valence-electron chi connectivity index (χ1n) is 11.2. The highest BCUT2D eigenvalue weighted by Gasteiger charge is 2.26. The van der Waals surface area contributed by atoms with Gasteiger partial charge in [0.2, 0.25) is 10.0 Å². The molecule has 10 heteroatoms. The normalized spacial score (nSPS) is 15.0. The molecule has 1 aliphatic rings. The molecule has 1 amide bonds. The first kappa shape index (κ1) is 25.5. The maximum Gasteiger partial charge on any atom is 0.265 e. The fraction of sp³-hybridized carbons (Fsp3) is 0.417. The second-order valence-electron chi connectivity index (χ2n) is 7.75. The molecule has 9 nitrogen and oxygen atoms in total. The summed E-state index contributed by atoms with van der Waals surface area (Å²) in [5, 5.41) is 11.8. The molecule has 3 rings (SSSR count). The van der Waals surface area contributed by atoms with Crippen molar-refractivity contribution in [2.75, 3.05) is 49.6 Å². The van der Waals surface area contributed by atoms with Crippen molar-refractivity contribution in [1.29, 1.82) is 5.26 Å². The Hall–Kier alpha value is -3.13. The van der Waals surface area contributed by atoms with Gasteiger partial charge in [-0.25, -0.2) is 8.42 Å². The number of carbonyl (C=O) groups is 1. The maximum atomic E-state index is 13.1. The van der Waals surface area contributed by atoms with E-state index in [0.29, 0.717) is 56.4 Å². The average molecular weight is 487 g/mol. The zero-order valence-electron chi connectivity index (χ0n) is 19.7. The third-order valence-corrected chi connectivity index (χ3v) is 7.63. The first-order valence-corrected chi connectivity index (χ1v) is 12.7. The van der Waals surface area contributed by atoms with Gasteiger partial charge in [0.1, 0.15) is 5.75 Å². The summed E-state index contributed by atoms with van der Waals surface area (Å²) in [7, 11) is -3.70. The lowest BCUT2D eigenvalue weighted by Gasteiger charge is -2.31. The van der Waals surface area contributed by atoms with Crippen LogP contribution >= 0.6 is 0 Å². The molecule has 1 unspecified atom stereocenters. The zero-order chi connectivity index (χ0) is 24.7. The summed E-state index contributed by atoms with van der Waals surface area (Å²) in [4.78, 5) is 15.2. The molecule has 1 saturated heterocycles. The summed E-state index contributed by atoms with van der Waals surface area (Å²) in [5.41, 5.74) is 1.61. The molecule has 2 aromatic carbocycles. The predicted octanol–water partition coefficient (Wildman–Crippen LogP) is 2.83. The van der Waals surface area contributed by atoms with Gasteiger partial charge in [-0.3, -0.25) is 4.79 Å². The molecule has 1 aliphatic heterocycles. The van der Waals surface area contributed by atoms with Gasteiger partial charge in [-0.05, 0) is 49.4 Å². The molecule has 1 atom stereocenters. The van der Waals surface area contributed by atoms with Gasteiger partial charge in [0.25, 0.3) is 5.91 Å². The molecule has 0 saturated carbocycles. The van der Waals surface area contributed by atoms with E-state index in [1.807, 2.05) is 6.07 Å². The number of hydrogen-bond donors (Lipinski definition) is 1. The van der Waals surface area contributed by atoms with Gasteiger partial charge in [-0.1, -0.05) is 13.8 Å². The topological polar surface area (TPSA) is 112 Å². The molecule has 1 fully saturated rings. The van der Waals surface area contributed by atoms with Crippen LogP contribution in [0, 0.1) is 11.3 Å². The highest BCUT2D eigenvalue weighted by atomic mass is 32.2. The van der Waals surface area contributed by atoms with Crippen LogP contribution in [0.2, 0.25) is 0 Å². The van der Waals surface area contributed by atoms with Crippen LogP contribution in [0.4, 0.5) is 11.4 Å². The Morgan fingerprint density at radius 3 is 2.41 bits per heavy atom. The maximum absolute atomic E-state index is 13.1. The molecule has 1 N–H and O–H groups in total. The number of nitriles is 1. The summed E-state index contributed by atoms with van der Waals surface area (Å²) in [6.07, 6.45) is -0.853. The third-order valence-electron chi connectivity index (χ3n) is 5.59. The van der Waals surface area contributed by atoms with Crippen LogP contribution < -0.4 is 15.0 Å². The minimum atomic E-state index is -3.70. The van der Waals surface area contributed by atoms with E-state index in [2.05, 4.69) is 10.2 Å². The van der Waals surface area contributed by atoms with E-state index in [4.69, 9.17) is 14.7 Å². The Morgan fingerprint density at radius 2 is 1.82 bits per heavy atom. The molecule has 0 aromatic heterocycles. The summed E-state index contributed by atoms with van der Waals surface area (Å²) in [6, 6.07) is 13.3. The largest absolute Gasteiger partial charge is 0.481 e. The van der Waals surface area contributed by atoms with Crippen LogP contribution in [-0.2, 0) is 19.6 Å². The molecule has 182 valence electrons. The smallest absolute Gasteiger partial charge is 0.265 e. The molecular weight excluding hydrogens is 456 g/mol. The fourth-order valence-corrected chi connectivity index (χ4v) is 5.15. The molecule has 1 heterocycles. The number of morpholine rings is 1. The van der Waals surface area contributed by atoms with Gasteiger partial charge in [-0.15, -0.1) is 0 Å². The van der Waals surface area contributed by atoms with Crippen molar-refractivity contribution in [1.82, 2.24) is 4.31 Å². The van der Waals surface area contributed by atoms with Gasteiger partial charge in [-0.2, -0.15) is 9.57 Å². The number of ether oxygens (including phenoxy) is 2. The van der Waals surface area contributed by atoms with Crippen molar-refractivity contribution in [2.24, 2.45) is 0 Å².